The van der Waals surface area contributed by atoms with Gasteiger partial charge in [-0.15, -0.1) is 0 Å². The van der Waals surface area contributed by atoms with Gasteiger partial charge in [-0.25, -0.2) is 0 Å². The van der Waals surface area contributed by atoms with Gasteiger partial charge < -0.3 is 14.6 Å². The van der Waals surface area contributed by atoms with E-state index in [2.05, 4.69) is 33.0 Å². The summed E-state index contributed by atoms with van der Waals surface area (Å²) in [5.41, 5.74) is 1.85. The van der Waals surface area contributed by atoms with E-state index in [-0.39, 0.29) is 17.1 Å². The predicted molar refractivity (Wildman–Crippen MR) is 92.2 cm³/mol. The number of amides is 1. The van der Waals surface area contributed by atoms with E-state index in [0.29, 0.717) is 0 Å². The summed E-state index contributed by atoms with van der Waals surface area (Å²) in [6.45, 7) is 8.35. The van der Waals surface area contributed by atoms with E-state index < -0.39 is 7.12 Å². The van der Waals surface area contributed by atoms with Crippen molar-refractivity contribution in [2.45, 2.75) is 45.3 Å². The summed E-state index contributed by atoms with van der Waals surface area (Å²) in [5.74, 6) is -0.0465. The predicted octanol–water partition coefficient (Wildman–Crippen LogP) is 3.09. The number of carbonyl (C=O) groups excluding carboxylic acids is 1. The van der Waals surface area contributed by atoms with Crippen molar-refractivity contribution < 1.29 is 14.1 Å². The molecule has 0 saturated carbocycles. The molecule has 23 heavy (non-hydrogen) atoms. The third kappa shape index (κ3) is 1.90. The Morgan fingerprint density at radius 3 is 2.61 bits per heavy atom. The molecule has 0 spiro atoms. The van der Waals surface area contributed by atoms with Gasteiger partial charge in [-0.05, 0) is 50.2 Å². The molecule has 118 valence electrons. The number of anilines is 1. The zero-order chi connectivity index (χ0) is 16.4. The third-order valence-electron chi connectivity index (χ3n) is 5.54. The Labute approximate surface area is 136 Å². The highest BCUT2D eigenvalue weighted by Gasteiger charge is 2.53. The Bertz CT molecular complexity index is 832. The molecule has 0 aliphatic carbocycles. The minimum atomic E-state index is -0.421. The summed E-state index contributed by atoms with van der Waals surface area (Å²) >= 11 is 0. The second-order valence-corrected chi connectivity index (χ2v) is 7.05. The largest absolute Gasteiger partial charge is 0.495 e. The number of rotatable bonds is 2. The van der Waals surface area contributed by atoms with Crippen molar-refractivity contribution in [3.05, 3.63) is 35.9 Å². The van der Waals surface area contributed by atoms with E-state index >= 15 is 0 Å². The molecule has 2 heterocycles. The molecule has 4 nitrogen and oxygen atoms in total. The number of hydrogen-bond acceptors (Lipinski definition) is 3. The summed E-state index contributed by atoms with van der Waals surface area (Å²) in [7, 11) is -0.421. The molecule has 4 rings (SSSR count). The van der Waals surface area contributed by atoms with Crippen LogP contribution >= 0.6 is 0 Å². The lowest BCUT2D eigenvalue weighted by molar-refractivity contribution is -0.0118. The van der Waals surface area contributed by atoms with Gasteiger partial charge in [0.2, 0.25) is 0 Å². The van der Waals surface area contributed by atoms with Crippen LogP contribution in [0.1, 0.15) is 44.5 Å². The minimum Gasteiger partial charge on any atom is -0.399 e. The smallest absolute Gasteiger partial charge is 0.399 e. The first-order chi connectivity index (χ1) is 10.9. The SMILES string of the molecule is CCC1(C)OB(c2ccc3c4c(cccc24)C(=O)N3)OC1(C)C. The van der Waals surface area contributed by atoms with E-state index in [4.69, 9.17) is 9.31 Å². The summed E-state index contributed by atoms with van der Waals surface area (Å²) in [4.78, 5) is 12.1. The van der Waals surface area contributed by atoms with Crippen molar-refractivity contribution in [3.63, 3.8) is 0 Å². The molecule has 1 saturated heterocycles. The molecule has 1 fully saturated rings. The topological polar surface area (TPSA) is 47.6 Å². The van der Waals surface area contributed by atoms with Crippen LogP contribution in [-0.4, -0.2) is 24.2 Å². The van der Waals surface area contributed by atoms with E-state index in [1.165, 1.54) is 0 Å². The van der Waals surface area contributed by atoms with Crippen LogP contribution in [0, 0.1) is 0 Å². The molecule has 1 N–H and O–H groups in total. The first-order valence-corrected chi connectivity index (χ1v) is 8.09. The van der Waals surface area contributed by atoms with Gasteiger partial charge in [0.15, 0.2) is 0 Å². The average molecular weight is 309 g/mol. The molecule has 0 radical (unpaired) electrons. The Balaban J connectivity index is 1.86. The van der Waals surface area contributed by atoms with Gasteiger partial charge >= 0.3 is 7.12 Å². The van der Waals surface area contributed by atoms with E-state index in [1.807, 2.05) is 30.3 Å². The molecule has 1 atom stereocenters. The Morgan fingerprint density at radius 1 is 1.13 bits per heavy atom. The Morgan fingerprint density at radius 2 is 1.91 bits per heavy atom. The lowest BCUT2D eigenvalue weighted by atomic mass is 9.75. The number of benzene rings is 2. The monoisotopic (exact) mass is 309 g/mol. The summed E-state index contributed by atoms with van der Waals surface area (Å²) < 4.78 is 12.6. The molecule has 1 amide bonds. The van der Waals surface area contributed by atoms with Crippen LogP contribution in [0.4, 0.5) is 5.69 Å². The average Bonchev–Trinajstić information content (AvgIpc) is 2.96. The molecule has 2 aliphatic heterocycles. The van der Waals surface area contributed by atoms with Gasteiger partial charge in [0.25, 0.3) is 5.91 Å². The maximum atomic E-state index is 12.1. The number of hydrogen-bond donors (Lipinski definition) is 1. The van der Waals surface area contributed by atoms with Gasteiger partial charge in [-0.3, -0.25) is 4.79 Å². The van der Waals surface area contributed by atoms with Crippen molar-refractivity contribution in [3.8, 4) is 0 Å². The van der Waals surface area contributed by atoms with Crippen LogP contribution in [0.5, 0.6) is 0 Å². The highest BCUT2D eigenvalue weighted by Crippen LogP contribution is 2.40. The summed E-state index contributed by atoms with van der Waals surface area (Å²) in [6.07, 6.45) is 0.873. The molecular weight excluding hydrogens is 289 g/mol. The van der Waals surface area contributed by atoms with Crippen molar-refractivity contribution in [1.29, 1.82) is 0 Å². The molecule has 5 heteroatoms. The van der Waals surface area contributed by atoms with Gasteiger partial charge in [-0.1, -0.05) is 25.1 Å². The second kappa shape index (κ2) is 4.59. The third-order valence-corrected chi connectivity index (χ3v) is 5.54. The molecule has 2 aromatic carbocycles. The summed E-state index contributed by atoms with van der Waals surface area (Å²) in [5, 5.41) is 4.89. The van der Waals surface area contributed by atoms with Crippen molar-refractivity contribution in [1.82, 2.24) is 0 Å². The van der Waals surface area contributed by atoms with Crippen molar-refractivity contribution >= 4 is 34.9 Å². The Kier molecular flexibility index (Phi) is 2.94. The molecule has 2 aliphatic rings. The van der Waals surface area contributed by atoms with Gasteiger partial charge in [-0.2, -0.15) is 0 Å². The fourth-order valence-corrected chi connectivity index (χ4v) is 3.55. The quantitative estimate of drug-likeness (QED) is 0.867. The van der Waals surface area contributed by atoms with Gasteiger partial charge in [0, 0.05) is 16.6 Å². The standard InChI is InChI=1S/C18H20BNO3/c1-5-18(4)17(2,3)22-19(23-18)13-9-10-14-15-11(13)7-6-8-12(15)16(21)20-14/h6-10H,5H2,1-4H3,(H,20,21). The molecule has 1 unspecified atom stereocenters. The molecule has 0 aromatic heterocycles. The van der Waals surface area contributed by atoms with Crippen LogP contribution in [-0.2, 0) is 9.31 Å². The normalized spacial score (nSPS) is 25.2. The minimum absolute atomic E-state index is 0.0465. The molecular formula is C18H20BNO3. The first kappa shape index (κ1) is 14.7. The molecule has 0 bridgehead atoms. The summed E-state index contributed by atoms with van der Waals surface area (Å²) in [6, 6.07) is 9.73. The molecule has 2 aromatic rings. The van der Waals surface area contributed by atoms with Gasteiger partial charge in [0.1, 0.15) is 0 Å². The van der Waals surface area contributed by atoms with Gasteiger partial charge in [0.05, 0.1) is 11.2 Å². The van der Waals surface area contributed by atoms with E-state index in [1.54, 1.807) is 0 Å². The number of carbonyl (C=O) groups is 1. The number of nitrogens with one attached hydrogen (secondary N) is 1. The van der Waals surface area contributed by atoms with Crippen LogP contribution in [0.25, 0.3) is 10.8 Å². The first-order valence-electron chi connectivity index (χ1n) is 8.09. The maximum Gasteiger partial charge on any atom is 0.495 e. The zero-order valence-electron chi connectivity index (χ0n) is 13.9. The van der Waals surface area contributed by atoms with Crippen LogP contribution in [0.15, 0.2) is 30.3 Å². The van der Waals surface area contributed by atoms with E-state index in [0.717, 1.165) is 33.9 Å². The Hall–Kier alpha value is -1.85. The highest BCUT2D eigenvalue weighted by molar-refractivity contribution is 6.65. The van der Waals surface area contributed by atoms with Crippen LogP contribution in [0.2, 0.25) is 0 Å². The van der Waals surface area contributed by atoms with E-state index in [9.17, 15) is 4.79 Å². The highest BCUT2D eigenvalue weighted by atomic mass is 16.7. The maximum absolute atomic E-state index is 12.1. The second-order valence-electron chi connectivity index (χ2n) is 7.05. The van der Waals surface area contributed by atoms with Crippen molar-refractivity contribution in [2.24, 2.45) is 0 Å². The van der Waals surface area contributed by atoms with Crippen molar-refractivity contribution in [2.75, 3.05) is 5.32 Å². The zero-order valence-corrected chi connectivity index (χ0v) is 13.9. The fraction of sp³-hybridized carbons (Fsp3) is 0.389. The fourth-order valence-electron chi connectivity index (χ4n) is 3.55. The lowest BCUT2D eigenvalue weighted by Gasteiger charge is -2.35. The van der Waals surface area contributed by atoms with Crippen LogP contribution in [0.3, 0.4) is 0 Å². The lowest BCUT2D eigenvalue weighted by Crippen LogP contribution is -2.44. The van der Waals surface area contributed by atoms with Crippen LogP contribution < -0.4 is 10.8 Å².